The van der Waals surface area contributed by atoms with E-state index < -0.39 is 21.0 Å². The SMILES string of the molecule is Cc1cccc([C](c2ccccc2)=[Hf]([c]2cccc3c2Cc2ccccc2-3)[CH]2C=CC=C2)c1C. The molecule has 4 aromatic rings. The van der Waals surface area contributed by atoms with Gasteiger partial charge in [-0.15, -0.1) is 0 Å². The summed E-state index contributed by atoms with van der Waals surface area (Å²) in [5.74, 6) is 0. The van der Waals surface area contributed by atoms with E-state index in [-0.39, 0.29) is 0 Å². The Morgan fingerprint density at radius 2 is 1.41 bits per heavy atom. The van der Waals surface area contributed by atoms with E-state index in [0.717, 1.165) is 6.42 Å². The molecule has 0 unspecified atom stereocenters. The van der Waals surface area contributed by atoms with Crippen molar-refractivity contribution in [1.29, 1.82) is 0 Å². The summed E-state index contributed by atoms with van der Waals surface area (Å²) in [6.07, 6.45) is 10.5. The van der Waals surface area contributed by atoms with Crippen molar-refractivity contribution >= 4 is 6.58 Å². The van der Waals surface area contributed by atoms with Crippen molar-refractivity contribution in [1.82, 2.24) is 0 Å². The Labute approximate surface area is 210 Å². The normalized spacial score (nSPS) is 14.8. The fourth-order valence-corrected chi connectivity index (χ4v) is 17.9. The van der Waals surface area contributed by atoms with Gasteiger partial charge >= 0.3 is 211 Å². The number of fused-ring (bicyclic) bond motifs is 3. The van der Waals surface area contributed by atoms with Crippen LogP contribution < -0.4 is 3.32 Å². The number of allylic oxidation sites excluding steroid dienone is 4. The molecule has 1 heteroatoms. The van der Waals surface area contributed by atoms with E-state index in [4.69, 9.17) is 0 Å². The standard InChI is InChI=1S/C15H14.C13H9.C5H5.Hf/c1-12-7-6-10-15(13(12)2)11-14-8-4-3-5-9-14;1-3-7-12-10(5-1)9-11-6-2-4-8-13(11)12;1-2-4-5-3-1;/h3-10H,1-2H3;1-5,7-8H,9H2;1-5H;. The van der Waals surface area contributed by atoms with Crippen LogP contribution in [0.5, 0.6) is 0 Å². The van der Waals surface area contributed by atoms with Gasteiger partial charge in [-0.3, -0.25) is 0 Å². The predicted octanol–water partition coefficient (Wildman–Crippen LogP) is 7.30. The van der Waals surface area contributed by atoms with Crippen molar-refractivity contribution in [3.63, 3.8) is 0 Å². The maximum atomic E-state index is 2.47. The second-order valence-corrected chi connectivity index (χ2v) is 18.5. The summed E-state index contributed by atoms with van der Waals surface area (Å²) in [7, 11) is 0. The number of benzene rings is 4. The zero-order chi connectivity index (χ0) is 23.1. The minimum absolute atomic E-state index is 0.537. The van der Waals surface area contributed by atoms with Crippen molar-refractivity contribution in [2.24, 2.45) is 0 Å². The summed E-state index contributed by atoms with van der Waals surface area (Å²) in [4.78, 5) is 0. The average molecular weight is 603 g/mol. The first kappa shape index (κ1) is 21.6. The maximum absolute atomic E-state index is 2.73. The molecule has 4 aromatic carbocycles. The molecule has 0 atom stereocenters. The van der Waals surface area contributed by atoms with Crippen LogP contribution in [0.1, 0.15) is 33.4 Å². The molecule has 0 spiro atoms. The molecule has 0 radical (unpaired) electrons. The molecule has 0 nitrogen and oxygen atoms in total. The summed E-state index contributed by atoms with van der Waals surface area (Å²) in [5, 5.41) is 0. The Hall–Kier alpha value is -2.90. The van der Waals surface area contributed by atoms with E-state index >= 15 is 0 Å². The summed E-state index contributed by atoms with van der Waals surface area (Å²) in [5.41, 5.74) is 11.6. The van der Waals surface area contributed by atoms with Crippen LogP contribution in [-0.2, 0) is 27.4 Å². The van der Waals surface area contributed by atoms with Gasteiger partial charge in [0, 0.05) is 0 Å². The monoisotopic (exact) mass is 604 g/mol. The van der Waals surface area contributed by atoms with Gasteiger partial charge in [0.15, 0.2) is 0 Å². The number of hydrogen-bond acceptors (Lipinski definition) is 0. The van der Waals surface area contributed by atoms with Gasteiger partial charge in [0.2, 0.25) is 0 Å². The molecule has 0 bridgehead atoms. The molecule has 0 aliphatic heterocycles. The summed E-state index contributed by atoms with van der Waals surface area (Å²) >= 11 is -2.73. The zero-order valence-electron chi connectivity index (χ0n) is 19.8. The van der Waals surface area contributed by atoms with Gasteiger partial charge in [0.1, 0.15) is 0 Å². The first-order chi connectivity index (χ1) is 16.7. The van der Waals surface area contributed by atoms with E-state index in [1.807, 2.05) is 0 Å². The summed E-state index contributed by atoms with van der Waals surface area (Å²) in [6.45, 7) is 4.56. The van der Waals surface area contributed by atoms with Gasteiger partial charge in [0.05, 0.1) is 0 Å². The fourth-order valence-electron chi connectivity index (χ4n) is 5.60. The van der Waals surface area contributed by atoms with E-state index in [2.05, 4.69) is 129 Å². The number of aryl methyl sites for hydroxylation is 1. The Balaban J connectivity index is 1.71. The van der Waals surface area contributed by atoms with Gasteiger partial charge in [-0.05, 0) is 0 Å². The Bertz CT molecular complexity index is 1470. The van der Waals surface area contributed by atoms with Gasteiger partial charge in [0.25, 0.3) is 0 Å². The predicted molar refractivity (Wildman–Crippen MR) is 142 cm³/mol. The van der Waals surface area contributed by atoms with Crippen LogP contribution in [0.4, 0.5) is 0 Å². The van der Waals surface area contributed by atoms with Crippen LogP contribution in [0.15, 0.2) is 115 Å². The Kier molecular flexibility index (Phi) is 5.75. The van der Waals surface area contributed by atoms with Crippen molar-refractivity contribution in [2.45, 2.75) is 23.9 Å². The molecule has 0 fully saturated rings. The molecule has 34 heavy (non-hydrogen) atoms. The third-order valence-corrected chi connectivity index (χ3v) is 18.9. The molecule has 0 saturated heterocycles. The second-order valence-electron chi connectivity index (χ2n) is 9.36. The molecule has 0 saturated carbocycles. The van der Waals surface area contributed by atoms with Crippen molar-refractivity contribution in [3.05, 3.63) is 149 Å². The molecule has 0 amide bonds. The van der Waals surface area contributed by atoms with Crippen LogP contribution in [-0.4, -0.2) is 3.26 Å². The number of hydrogen-bond donors (Lipinski definition) is 0. The van der Waals surface area contributed by atoms with Gasteiger partial charge < -0.3 is 0 Å². The third-order valence-electron chi connectivity index (χ3n) is 7.43. The molecule has 2 aliphatic rings. The fraction of sp³-hybridized carbons (Fsp3) is 0.121. The molecule has 6 rings (SSSR count). The minimum atomic E-state index is -2.73. The van der Waals surface area contributed by atoms with Crippen molar-refractivity contribution < 1.29 is 21.0 Å². The van der Waals surface area contributed by atoms with E-state index in [0.29, 0.717) is 3.67 Å². The Morgan fingerprint density at radius 1 is 0.706 bits per heavy atom. The molecule has 0 N–H and O–H groups in total. The van der Waals surface area contributed by atoms with Crippen LogP contribution in [0.2, 0.25) is 3.67 Å². The summed E-state index contributed by atoms with van der Waals surface area (Å²) in [6, 6.07) is 34.2. The van der Waals surface area contributed by atoms with Gasteiger partial charge in [-0.25, -0.2) is 0 Å². The molecular weight excluding hydrogens is 575 g/mol. The first-order valence-electron chi connectivity index (χ1n) is 12.1. The molecule has 0 heterocycles. The van der Waals surface area contributed by atoms with Gasteiger partial charge in [-0.2, -0.15) is 0 Å². The molecule has 164 valence electrons. The zero-order valence-corrected chi connectivity index (χ0v) is 23.3. The van der Waals surface area contributed by atoms with E-state index in [1.54, 1.807) is 12.1 Å². The number of rotatable bonds is 4. The second kappa shape index (κ2) is 9.04. The topological polar surface area (TPSA) is 0 Å². The van der Waals surface area contributed by atoms with Crippen LogP contribution >= 0.6 is 0 Å². The molecule has 0 aromatic heterocycles. The van der Waals surface area contributed by atoms with Crippen LogP contribution in [0.3, 0.4) is 0 Å². The van der Waals surface area contributed by atoms with Crippen LogP contribution in [0, 0.1) is 13.8 Å². The van der Waals surface area contributed by atoms with Crippen LogP contribution in [0.25, 0.3) is 11.1 Å². The van der Waals surface area contributed by atoms with E-state index in [1.165, 1.54) is 38.9 Å². The van der Waals surface area contributed by atoms with Gasteiger partial charge in [-0.1, -0.05) is 0 Å². The average Bonchev–Trinajstić information content (AvgIpc) is 3.53. The molecular formula is C33H28Hf. The Morgan fingerprint density at radius 3 is 2.24 bits per heavy atom. The third kappa shape index (κ3) is 3.67. The van der Waals surface area contributed by atoms with Crippen molar-refractivity contribution in [2.75, 3.05) is 0 Å². The first-order valence-corrected chi connectivity index (χ1v) is 17.8. The van der Waals surface area contributed by atoms with E-state index in [9.17, 15) is 0 Å². The molecule has 2 aliphatic carbocycles. The quantitative estimate of drug-likeness (QED) is 0.189. The van der Waals surface area contributed by atoms with Crippen molar-refractivity contribution in [3.8, 4) is 11.1 Å². The summed E-state index contributed by atoms with van der Waals surface area (Å²) < 4.78 is 3.84.